The molecule has 4 nitrogen and oxygen atoms in total. The highest BCUT2D eigenvalue weighted by atomic mass is 19.4. The summed E-state index contributed by atoms with van der Waals surface area (Å²) in [5.41, 5.74) is -2.29. The second-order valence-corrected chi connectivity index (χ2v) is 5.07. The summed E-state index contributed by atoms with van der Waals surface area (Å²) in [6.07, 6.45) is -1.31. The first kappa shape index (κ1) is 15.6. The molecule has 1 aromatic heterocycles. The Morgan fingerprint density at radius 1 is 1.38 bits per heavy atom. The van der Waals surface area contributed by atoms with Crippen LogP contribution in [-0.2, 0) is 17.5 Å². The van der Waals surface area contributed by atoms with E-state index in [0.29, 0.717) is 17.1 Å². The lowest BCUT2D eigenvalue weighted by atomic mass is 9.86. The van der Waals surface area contributed by atoms with Crippen LogP contribution in [0.25, 0.3) is 0 Å². The van der Waals surface area contributed by atoms with Crippen LogP contribution < -0.4 is 5.56 Å². The molecule has 1 aliphatic rings. The van der Waals surface area contributed by atoms with E-state index in [1.165, 1.54) is 0 Å². The summed E-state index contributed by atoms with van der Waals surface area (Å²) in [7, 11) is 0. The summed E-state index contributed by atoms with van der Waals surface area (Å²) in [4.78, 5) is 11.8. The van der Waals surface area contributed by atoms with Gasteiger partial charge in [0.2, 0.25) is 0 Å². The maximum Gasteiger partial charge on any atom is 0.431 e. The van der Waals surface area contributed by atoms with Crippen LogP contribution in [0.2, 0.25) is 0 Å². The van der Waals surface area contributed by atoms with Crippen LogP contribution >= 0.6 is 0 Å². The summed E-state index contributed by atoms with van der Waals surface area (Å²) in [5, 5.41) is 8.74. The molecule has 7 heteroatoms. The monoisotopic (exact) mass is 300 g/mol. The molecule has 0 atom stereocenters. The lowest BCUT2D eigenvalue weighted by Gasteiger charge is -2.25. The molecule has 21 heavy (non-hydrogen) atoms. The first-order valence-electron chi connectivity index (χ1n) is 6.72. The van der Waals surface area contributed by atoms with Crippen molar-refractivity contribution in [3.63, 3.8) is 0 Å². The Labute approximate surface area is 119 Å². The minimum atomic E-state index is -4.64. The van der Waals surface area contributed by atoms with Crippen molar-refractivity contribution in [3.8, 4) is 6.07 Å². The summed E-state index contributed by atoms with van der Waals surface area (Å²) >= 11 is 0. The molecule has 0 spiro atoms. The van der Waals surface area contributed by atoms with Gasteiger partial charge in [0, 0.05) is 13.2 Å². The summed E-state index contributed by atoms with van der Waals surface area (Å²) < 4.78 is 44.5. The van der Waals surface area contributed by atoms with E-state index in [1.807, 2.05) is 0 Å². The van der Waals surface area contributed by atoms with Crippen molar-refractivity contribution in [1.82, 2.24) is 4.57 Å². The number of alkyl halides is 3. The van der Waals surface area contributed by atoms with Crippen molar-refractivity contribution in [2.45, 2.75) is 32.0 Å². The number of rotatable bonds is 5. The van der Waals surface area contributed by atoms with Crippen molar-refractivity contribution >= 4 is 0 Å². The third kappa shape index (κ3) is 3.64. The van der Waals surface area contributed by atoms with E-state index in [0.717, 1.165) is 31.4 Å². The fourth-order valence-electron chi connectivity index (χ4n) is 2.20. The van der Waals surface area contributed by atoms with Gasteiger partial charge in [-0.15, -0.1) is 0 Å². The van der Waals surface area contributed by atoms with Crippen LogP contribution in [-0.4, -0.2) is 17.8 Å². The van der Waals surface area contributed by atoms with Gasteiger partial charge < -0.3 is 9.30 Å². The van der Waals surface area contributed by atoms with Gasteiger partial charge in [0.25, 0.3) is 5.56 Å². The van der Waals surface area contributed by atoms with Gasteiger partial charge in [-0.1, -0.05) is 6.42 Å². The first-order chi connectivity index (χ1) is 9.93. The van der Waals surface area contributed by atoms with E-state index in [4.69, 9.17) is 10.00 Å². The molecule has 0 aliphatic heterocycles. The molecule has 0 amide bonds. The summed E-state index contributed by atoms with van der Waals surface area (Å²) in [6, 6.07) is 3.26. The van der Waals surface area contributed by atoms with Crippen molar-refractivity contribution in [2.75, 3.05) is 13.2 Å². The molecule has 1 fully saturated rings. The minimum Gasteiger partial charge on any atom is -0.379 e. The van der Waals surface area contributed by atoms with Crippen LogP contribution in [0.15, 0.2) is 16.9 Å². The Bertz CT molecular complexity index is 598. The van der Waals surface area contributed by atoms with Crippen molar-refractivity contribution in [1.29, 1.82) is 5.26 Å². The number of hydrogen-bond acceptors (Lipinski definition) is 3. The molecule has 114 valence electrons. The van der Waals surface area contributed by atoms with Gasteiger partial charge in [0.1, 0.15) is 17.3 Å². The first-order valence-corrected chi connectivity index (χ1v) is 6.72. The molecule has 0 unspecified atom stereocenters. The second kappa shape index (κ2) is 6.31. The van der Waals surface area contributed by atoms with E-state index in [2.05, 4.69) is 0 Å². The molecular formula is C14H15F3N2O2. The third-order valence-electron chi connectivity index (χ3n) is 3.62. The standard InChI is InChI=1S/C14H15F3N2O2/c15-14(16,17)12-5-4-11(8-18)13(20)19(12)6-7-21-9-10-2-1-3-10/h4-5,10H,1-3,6-7,9H2. The number of nitriles is 1. The average molecular weight is 300 g/mol. The van der Waals surface area contributed by atoms with Crippen molar-refractivity contribution in [3.05, 3.63) is 33.7 Å². The molecule has 1 heterocycles. The molecule has 1 aliphatic carbocycles. The fraction of sp³-hybridized carbons (Fsp3) is 0.571. The molecule has 1 saturated carbocycles. The van der Waals surface area contributed by atoms with E-state index >= 15 is 0 Å². The quantitative estimate of drug-likeness (QED) is 0.785. The van der Waals surface area contributed by atoms with Gasteiger partial charge in [0.05, 0.1) is 6.61 Å². The van der Waals surface area contributed by atoms with Gasteiger partial charge >= 0.3 is 6.18 Å². The number of halogens is 3. The smallest absolute Gasteiger partial charge is 0.379 e. The molecule has 0 radical (unpaired) electrons. The topological polar surface area (TPSA) is 55.0 Å². The van der Waals surface area contributed by atoms with E-state index in [1.54, 1.807) is 6.07 Å². The van der Waals surface area contributed by atoms with Crippen LogP contribution in [0.1, 0.15) is 30.5 Å². The van der Waals surface area contributed by atoms with E-state index in [-0.39, 0.29) is 18.7 Å². The highest BCUT2D eigenvalue weighted by Gasteiger charge is 2.34. The molecule has 0 N–H and O–H groups in total. The number of hydrogen-bond donors (Lipinski definition) is 0. The molecule has 0 saturated heterocycles. The molecule has 1 aromatic rings. The minimum absolute atomic E-state index is 0.0222. The predicted octanol–water partition coefficient (Wildman–Crippen LogP) is 2.56. The number of nitrogens with zero attached hydrogens (tertiary/aromatic N) is 2. The Morgan fingerprint density at radius 2 is 2.10 bits per heavy atom. The van der Waals surface area contributed by atoms with E-state index < -0.39 is 17.4 Å². The summed E-state index contributed by atoms with van der Waals surface area (Å²) in [6.45, 7) is 0.318. The molecular weight excluding hydrogens is 285 g/mol. The Kier molecular flexibility index (Phi) is 4.68. The van der Waals surface area contributed by atoms with Crippen molar-refractivity contribution in [2.24, 2.45) is 5.92 Å². The Morgan fingerprint density at radius 3 is 2.62 bits per heavy atom. The van der Waals surface area contributed by atoms with Gasteiger partial charge in [-0.25, -0.2) is 0 Å². The van der Waals surface area contributed by atoms with E-state index in [9.17, 15) is 18.0 Å². The zero-order chi connectivity index (χ0) is 15.5. The van der Waals surface area contributed by atoms with Gasteiger partial charge in [-0.3, -0.25) is 4.79 Å². The lowest BCUT2D eigenvalue weighted by molar-refractivity contribution is -0.144. The fourth-order valence-corrected chi connectivity index (χ4v) is 2.20. The van der Waals surface area contributed by atoms with Crippen molar-refractivity contribution < 1.29 is 17.9 Å². The number of pyridine rings is 1. The predicted molar refractivity (Wildman–Crippen MR) is 68.6 cm³/mol. The van der Waals surface area contributed by atoms with Crippen LogP contribution in [0.4, 0.5) is 13.2 Å². The lowest BCUT2D eigenvalue weighted by Crippen LogP contribution is -2.31. The van der Waals surface area contributed by atoms with Crippen LogP contribution in [0.5, 0.6) is 0 Å². The summed E-state index contributed by atoms with van der Waals surface area (Å²) in [5.74, 6) is 0.481. The van der Waals surface area contributed by atoms with Gasteiger partial charge in [-0.2, -0.15) is 18.4 Å². The molecule has 2 rings (SSSR count). The zero-order valence-corrected chi connectivity index (χ0v) is 11.3. The third-order valence-corrected chi connectivity index (χ3v) is 3.62. The maximum absolute atomic E-state index is 12.9. The highest BCUT2D eigenvalue weighted by molar-refractivity contribution is 5.28. The molecule has 0 bridgehead atoms. The largest absolute Gasteiger partial charge is 0.431 e. The Hall–Kier alpha value is -1.81. The van der Waals surface area contributed by atoms with Crippen LogP contribution in [0.3, 0.4) is 0 Å². The maximum atomic E-state index is 12.9. The average Bonchev–Trinajstić information content (AvgIpc) is 2.36. The SMILES string of the molecule is N#Cc1ccc(C(F)(F)F)n(CCOCC2CCC2)c1=O. The number of ether oxygens (including phenoxy) is 1. The zero-order valence-electron chi connectivity index (χ0n) is 11.3. The van der Waals surface area contributed by atoms with Crippen LogP contribution in [0, 0.1) is 17.2 Å². The normalized spacial score (nSPS) is 15.5. The second-order valence-electron chi connectivity index (χ2n) is 5.07. The number of aromatic nitrogens is 1. The molecule has 0 aromatic carbocycles. The van der Waals surface area contributed by atoms with Gasteiger partial charge in [-0.05, 0) is 30.9 Å². The Balaban J connectivity index is 2.11. The highest BCUT2D eigenvalue weighted by Crippen LogP contribution is 2.28. The van der Waals surface area contributed by atoms with Gasteiger partial charge in [0.15, 0.2) is 0 Å².